The van der Waals surface area contributed by atoms with Gasteiger partial charge in [-0.3, -0.25) is 4.79 Å². The Morgan fingerprint density at radius 2 is 1.86 bits per heavy atom. The topological polar surface area (TPSA) is 40.5 Å². The maximum absolute atomic E-state index is 13.2. The van der Waals surface area contributed by atoms with E-state index in [1.165, 1.54) is 29.7 Å². The highest BCUT2D eigenvalue weighted by Crippen LogP contribution is 2.61. The Balaban J connectivity index is 1.46. The molecule has 0 bridgehead atoms. The molecule has 0 radical (unpaired) electrons. The molecule has 4 aliphatic carbocycles. The summed E-state index contributed by atoms with van der Waals surface area (Å²) in [5.41, 5.74) is 3.34. The SMILES string of the molecule is CN(C)c1ccc(C[C@]23CC=C4[C@@H](CC[C@@]5(O)CCCC[C@H]45)[C@@H]2CCC3=O)cc1. The summed E-state index contributed by atoms with van der Waals surface area (Å²) in [6.45, 7) is 0. The molecule has 5 atom stereocenters. The van der Waals surface area contributed by atoms with Gasteiger partial charge in [0.05, 0.1) is 5.60 Å². The van der Waals surface area contributed by atoms with Gasteiger partial charge in [-0.2, -0.15) is 0 Å². The number of rotatable bonds is 3. The molecule has 29 heavy (non-hydrogen) atoms. The van der Waals surface area contributed by atoms with Crippen molar-refractivity contribution in [3.8, 4) is 0 Å². The Kier molecular flexibility index (Phi) is 4.66. The number of ketones is 1. The van der Waals surface area contributed by atoms with Crippen LogP contribution in [0.15, 0.2) is 35.9 Å². The lowest BCUT2D eigenvalue weighted by Crippen LogP contribution is -2.51. The van der Waals surface area contributed by atoms with E-state index in [2.05, 4.69) is 49.3 Å². The van der Waals surface area contributed by atoms with Crippen molar-refractivity contribution < 1.29 is 9.90 Å². The number of carbonyl (C=O) groups excluding carboxylic acids is 1. The quantitative estimate of drug-likeness (QED) is 0.741. The first-order valence-corrected chi connectivity index (χ1v) is 11.6. The molecular formula is C26H35NO2. The van der Waals surface area contributed by atoms with Crippen LogP contribution in [0.1, 0.15) is 63.4 Å². The Hall–Kier alpha value is -1.61. The number of benzene rings is 1. The number of Topliss-reactive ketones (excluding diaryl/α,β-unsaturated/α-hetero) is 1. The van der Waals surface area contributed by atoms with E-state index in [0.717, 1.165) is 51.4 Å². The predicted molar refractivity (Wildman–Crippen MR) is 117 cm³/mol. The lowest BCUT2D eigenvalue weighted by molar-refractivity contribution is -0.129. The molecule has 3 saturated carbocycles. The van der Waals surface area contributed by atoms with Gasteiger partial charge in [0.25, 0.3) is 0 Å². The summed E-state index contributed by atoms with van der Waals surface area (Å²) in [6, 6.07) is 8.78. The minimum Gasteiger partial charge on any atom is -0.389 e. The van der Waals surface area contributed by atoms with Crippen LogP contribution in [0.5, 0.6) is 0 Å². The van der Waals surface area contributed by atoms with Crippen LogP contribution in [0.2, 0.25) is 0 Å². The molecule has 1 aromatic rings. The van der Waals surface area contributed by atoms with Crippen LogP contribution in [0.25, 0.3) is 0 Å². The Morgan fingerprint density at radius 1 is 1.07 bits per heavy atom. The van der Waals surface area contributed by atoms with Gasteiger partial charge in [0, 0.05) is 37.5 Å². The summed E-state index contributed by atoms with van der Waals surface area (Å²) in [4.78, 5) is 15.4. The van der Waals surface area contributed by atoms with Gasteiger partial charge in [0.1, 0.15) is 5.78 Å². The number of hydrogen-bond donors (Lipinski definition) is 1. The molecule has 0 aromatic heterocycles. The minimum absolute atomic E-state index is 0.210. The first-order valence-electron chi connectivity index (χ1n) is 11.6. The molecule has 5 rings (SSSR count). The third-order valence-corrected chi connectivity index (χ3v) is 8.83. The summed E-state index contributed by atoms with van der Waals surface area (Å²) in [7, 11) is 4.13. The normalized spacial score (nSPS) is 38.7. The molecule has 0 saturated heterocycles. The fourth-order valence-corrected chi connectivity index (χ4v) is 7.30. The van der Waals surface area contributed by atoms with Gasteiger partial charge in [0.2, 0.25) is 0 Å². The standard InChI is InChI=1S/C26H35NO2/c1-27(2)19-8-6-18(7-9-19)17-25-15-12-21-20(22(25)10-11-24(25)28)13-16-26(29)14-4-3-5-23(21)26/h6-9,12,20,22-23,29H,3-5,10-11,13-17H2,1-2H3/t20-,22+,23-,25-,26+/m1/s1. The highest BCUT2D eigenvalue weighted by molar-refractivity contribution is 5.88. The van der Waals surface area contributed by atoms with Crippen LogP contribution in [0.3, 0.4) is 0 Å². The first kappa shape index (κ1) is 19.4. The van der Waals surface area contributed by atoms with Crippen molar-refractivity contribution >= 4 is 11.5 Å². The third kappa shape index (κ3) is 3.00. The molecule has 0 heterocycles. The van der Waals surface area contributed by atoms with Gasteiger partial charge >= 0.3 is 0 Å². The van der Waals surface area contributed by atoms with Gasteiger partial charge in [-0.15, -0.1) is 0 Å². The van der Waals surface area contributed by atoms with E-state index in [9.17, 15) is 9.90 Å². The summed E-state index contributed by atoms with van der Waals surface area (Å²) < 4.78 is 0. The predicted octanol–water partition coefficient (Wildman–Crippen LogP) is 4.92. The zero-order chi connectivity index (χ0) is 20.2. The molecule has 3 fully saturated rings. The Labute approximate surface area is 175 Å². The molecule has 1 N–H and O–H groups in total. The molecule has 4 aliphatic rings. The van der Waals surface area contributed by atoms with Crippen LogP contribution in [0, 0.1) is 23.2 Å². The van der Waals surface area contributed by atoms with E-state index in [0.29, 0.717) is 23.5 Å². The number of anilines is 1. The number of carbonyl (C=O) groups is 1. The second-order valence-electron chi connectivity index (χ2n) is 10.4. The zero-order valence-electron chi connectivity index (χ0n) is 18.0. The highest BCUT2D eigenvalue weighted by atomic mass is 16.3. The lowest BCUT2D eigenvalue weighted by atomic mass is 9.52. The highest BCUT2D eigenvalue weighted by Gasteiger charge is 2.58. The molecule has 3 nitrogen and oxygen atoms in total. The van der Waals surface area contributed by atoms with Crippen LogP contribution < -0.4 is 4.90 Å². The van der Waals surface area contributed by atoms with E-state index in [4.69, 9.17) is 0 Å². The minimum atomic E-state index is -0.467. The van der Waals surface area contributed by atoms with Gasteiger partial charge in [0.15, 0.2) is 0 Å². The Bertz CT molecular complexity index is 826. The van der Waals surface area contributed by atoms with E-state index in [1.54, 1.807) is 0 Å². The smallest absolute Gasteiger partial charge is 0.139 e. The van der Waals surface area contributed by atoms with Crippen LogP contribution in [0.4, 0.5) is 5.69 Å². The third-order valence-electron chi connectivity index (χ3n) is 8.83. The number of aliphatic hydroxyl groups is 1. The maximum Gasteiger partial charge on any atom is 0.139 e. The van der Waals surface area contributed by atoms with Crippen molar-refractivity contribution in [3.05, 3.63) is 41.5 Å². The van der Waals surface area contributed by atoms with E-state index in [1.807, 2.05) is 0 Å². The fourth-order valence-electron chi connectivity index (χ4n) is 7.30. The zero-order valence-corrected chi connectivity index (χ0v) is 18.0. The van der Waals surface area contributed by atoms with Crippen molar-refractivity contribution in [3.63, 3.8) is 0 Å². The summed E-state index contributed by atoms with van der Waals surface area (Å²) in [6.07, 6.45) is 12.5. The van der Waals surface area contributed by atoms with Crippen molar-refractivity contribution in [1.29, 1.82) is 0 Å². The van der Waals surface area contributed by atoms with Crippen LogP contribution in [-0.4, -0.2) is 30.6 Å². The number of hydrogen-bond acceptors (Lipinski definition) is 3. The first-order chi connectivity index (χ1) is 13.9. The summed E-state index contributed by atoms with van der Waals surface area (Å²) >= 11 is 0. The van der Waals surface area contributed by atoms with Crippen molar-refractivity contribution in [2.24, 2.45) is 23.2 Å². The van der Waals surface area contributed by atoms with Crippen molar-refractivity contribution in [1.82, 2.24) is 0 Å². The number of nitrogens with zero attached hydrogens (tertiary/aromatic N) is 1. The van der Waals surface area contributed by atoms with Gasteiger partial charge in [-0.25, -0.2) is 0 Å². The average Bonchev–Trinajstić information content (AvgIpc) is 3.04. The van der Waals surface area contributed by atoms with E-state index in [-0.39, 0.29) is 5.41 Å². The molecule has 0 amide bonds. The van der Waals surface area contributed by atoms with Crippen LogP contribution >= 0.6 is 0 Å². The van der Waals surface area contributed by atoms with Crippen molar-refractivity contribution in [2.75, 3.05) is 19.0 Å². The van der Waals surface area contributed by atoms with Gasteiger partial charge in [-0.05, 0) is 74.5 Å². The van der Waals surface area contributed by atoms with E-state index >= 15 is 0 Å². The molecule has 1 aromatic carbocycles. The van der Waals surface area contributed by atoms with Crippen molar-refractivity contribution in [2.45, 2.75) is 69.8 Å². The molecule has 0 aliphatic heterocycles. The van der Waals surface area contributed by atoms with Gasteiger partial charge in [-0.1, -0.05) is 36.6 Å². The number of fused-ring (bicyclic) bond motifs is 5. The molecular weight excluding hydrogens is 358 g/mol. The van der Waals surface area contributed by atoms with Crippen LogP contribution in [-0.2, 0) is 11.2 Å². The fraction of sp³-hybridized carbons (Fsp3) is 0.654. The van der Waals surface area contributed by atoms with Gasteiger partial charge < -0.3 is 10.0 Å². The lowest BCUT2D eigenvalue weighted by Gasteiger charge is -2.53. The monoisotopic (exact) mass is 393 g/mol. The second kappa shape index (κ2) is 6.97. The van der Waals surface area contributed by atoms with E-state index < -0.39 is 5.60 Å². The average molecular weight is 394 g/mol. The molecule has 0 unspecified atom stereocenters. The second-order valence-corrected chi connectivity index (χ2v) is 10.4. The molecule has 0 spiro atoms. The maximum atomic E-state index is 13.2. The largest absolute Gasteiger partial charge is 0.389 e. The molecule has 156 valence electrons. The number of allylic oxidation sites excluding steroid dienone is 1. The molecule has 3 heteroatoms. The summed E-state index contributed by atoms with van der Waals surface area (Å²) in [5.74, 6) is 1.82. The summed E-state index contributed by atoms with van der Waals surface area (Å²) in [5, 5.41) is 11.3. The Morgan fingerprint density at radius 3 is 2.62 bits per heavy atom.